The van der Waals surface area contributed by atoms with Gasteiger partial charge in [-0.2, -0.15) is 0 Å². The van der Waals surface area contributed by atoms with E-state index in [0.29, 0.717) is 12.6 Å². The van der Waals surface area contributed by atoms with E-state index in [4.69, 9.17) is 4.98 Å². The SMILES string of the molecule is CN=C(NCc1cc(N(C)C)nc2ccccc12)NC1CCN(Cc2ccccc2)CC1.I. The van der Waals surface area contributed by atoms with E-state index < -0.39 is 0 Å². The van der Waals surface area contributed by atoms with Crippen molar-refractivity contribution in [2.75, 3.05) is 39.1 Å². The second-order valence-corrected chi connectivity index (χ2v) is 8.66. The largest absolute Gasteiger partial charge is 0.363 e. The fraction of sp³-hybridized carbons (Fsp3) is 0.385. The maximum absolute atomic E-state index is 4.76. The summed E-state index contributed by atoms with van der Waals surface area (Å²) in [4.78, 5) is 13.8. The van der Waals surface area contributed by atoms with Crippen LogP contribution in [0.1, 0.15) is 24.0 Å². The normalized spacial score (nSPS) is 15.2. The molecule has 1 fully saturated rings. The molecule has 1 aliphatic heterocycles. The quantitative estimate of drug-likeness (QED) is 0.269. The molecule has 0 saturated carbocycles. The maximum atomic E-state index is 4.76. The molecule has 7 heteroatoms. The van der Waals surface area contributed by atoms with Crippen molar-refractivity contribution in [3.63, 3.8) is 0 Å². The summed E-state index contributed by atoms with van der Waals surface area (Å²) in [7, 11) is 5.90. The number of halogens is 1. The molecule has 33 heavy (non-hydrogen) atoms. The lowest BCUT2D eigenvalue weighted by Gasteiger charge is -2.33. The lowest BCUT2D eigenvalue weighted by molar-refractivity contribution is 0.198. The third-order valence-electron chi connectivity index (χ3n) is 6.09. The van der Waals surface area contributed by atoms with Crippen LogP contribution in [0.15, 0.2) is 65.7 Å². The van der Waals surface area contributed by atoms with Crippen molar-refractivity contribution >= 4 is 46.7 Å². The second-order valence-electron chi connectivity index (χ2n) is 8.66. The molecule has 0 amide bonds. The molecule has 1 saturated heterocycles. The van der Waals surface area contributed by atoms with Gasteiger partial charge in [-0.1, -0.05) is 48.5 Å². The zero-order chi connectivity index (χ0) is 22.3. The first kappa shape index (κ1) is 25.2. The number of rotatable bonds is 6. The molecule has 1 aliphatic rings. The Morgan fingerprint density at radius 1 is 1.06 bits per heavy atom. The topological polar surface area (TPSA) is 55.8 Å². The average molecular weight is 559 g/mol. The Kier molecular flexibility index (Phi) is 9.31. The minimum Gasteiger partial charge on any atom is -0.363 e. The molecule has 2 N–H and O–H groups in total. The molecule has 0 spiro atoms. The van der Waals surface area contributed by atoms with Crippen LogP contribution in [0.2, 0.25) is 0 Å². The van der Waals surface area contributed by atoms with Gasteiger partial charge >= 0.3 is 0 Å². The predicted octanol–water partition coefficient (Wildman–Crippen LogP) is 4.25. The van der Waals surface area contributed by atoms with E-state index in [1.807, 2.05) is 32.1 Å². The summed E-state index contributed by atoms with van der Waals surface area (Å²) in [6.45, 7) is 3.94. The highest BCUT2D eigenvalue weighted by Gasteiger charge is 2.20. The van der Waals surface area contributed by atoms with Crippen LogP contribution < -0.4 is 15.5 Å². The number of likely N-dealkylation sites (tertiary alicyclic amines) is 1. The number of para-hydroxylation sites is 1. The van der Waals surface area contributed by atoms with Crippen molar-refractivity contribution in [1.82, 2.24) is 20.5 Å². The molecule has 0 bridgehead atoms. The van der Waals surface area contributed by atoms with Crippen molar-refractivity contribution in [3.05, 3.63) is 71.8 Å². The summed E-state index contributed by atoms with van der Waals surface area (Å²) in [6.07, 6.45) is 2.24. The predicted molar refractivity (Wildman–Crippen MR) is 150 cm³/mol. The molecule has 2 aromatic carbocycles. The zero-order valence-electron chi connectivity index (χ0n) is 19.8. The minimum absolute atomic E-state index is 0. The molecule has 3 aromatic rings. The number of nitrogens with zero attached hydrogens (tertiary/aromatic N) is 4. The van der Waals surface area contributed by atoms with Gasteiger partial charge in [0.15, 0.2) is 5.96 Å². The Morgan fingerprint density at radius 3 is 2.45 bits per heavy atom. The average Bonchev–Trinajstić information content (AvgIpc) is 2.83. The fourth-order valence-corrected chi connectivity index (χ4v) is 4.25. The first-order chi connectivity index (χ1) is 15.6. The molecule has 2 heterocycles. The van der Waals surface area contributed by atoms with E-state index in [9.17, 15) is 0 Å². The van der Waals surface area contributed by atoms with Crippen molar-refractivity contribution < 1.29 is 0 Å². The Balaban J connectivity index is 0.00000306. The van der Waals surface area contributed by atoms with E-state index in [-0.39, 0.29) is 24.0 Å². The van der Waals surface area contributed by atoms with Gasteiger partial charge < -0.3 is 15.5 Å². The first-order valence-corrected chi connectivity index (χ1v) is 11.4. The van der Waals surface area contributed by atoms with Crippen LogP contribution in [-0.4, -0.2) is 56.1 Å². The summed E-state index contributed by atoms with van der Waals surface area (Å²) in [5.41, 5.74) is 3.63. The summed E-state index contributed by atoms with van der Waals surface area (Å²) in [5.74, 6) is 1.83. The number of fused-ring (bicyclic) bond motifs is 1. The second kappa shape index (κ2) is 12.2. The highest BCUT2D eigenvalue weighted by Crippen LogP contribution is 2.22. The van der Waals surface area contributed by atoms with Crippen LogP contribution in [0.25, 0.3) is 10.9 Å². The van der Waals surface area contributed by atoms with Crippen molar-refractivity contribution in [1.29, 1.82) is 0 Å². The lowest BCUT2D eigenvalue weighted by Crippen LogP contribution is -2.48. The number of pyridine rings is 1. The van der Waals surface area contributed by atoms with Crippen molar-refractivity contribution in [2.45, 2.75) is 32.0 Å². The zero-order valence-corrected chi connectivity index (χ0v) is 22.1. The third kappa shape index (κ3) is 6.80. The number of hydrogen-bond donors (Lipinski definition) is 2. The highest BCUT2D eigenvalue weighted by atomic mass is 127. The van der Waals surface area contributed by atoms with Crippen LogP contribution in [0.4, 0.5) is 5.82 Å². The molecule has 0 unspecified atom stereocenters. The molecule has 0 aliphatic carbocycles. The van der Waals surface area contributed by atoms with Gasteiger partial charge in [0.1, 0.15) is 5.82 Å². The van der Waals surface area contributed by atoms with Gasteiger partial charge in [0.05, 0.1) is 5.52 Å². The Labute approximate surface area is 214 Å². The van der Waals surface area contributed by atoms with E-state index in [2.05, 4.69) is 75.1 Å². The number of aromatic nitrogens is 1. The summed E-state index contributed by atoms with van der Waals surface area (Å²) in [5, 5.41) is 8.33. The highest BCUT2D eigenvalue weighted by molar-refractivity contribution is 14.0. The first-order valence-electron chi connectivity index (χ1n) is 11.4. The van der Waals surface area contributed by atoms with Crippen LogP contribution in [0.3, 0.4) is 0 Å². The van der Waals surface area contributed by atoms with Crippen LogP contribution in [-0.2, 0) is 13.1 Å². The number of hydrogen-bond acceptors (Lipinski definition) is 4. The van der Waals surface area contributed by atoms with Gasteiger partial charge in [-0.15, -0.1) is 24.0 Å². The van der Waals surface area contributed by atoms with Gasteiger partial charge in [-0.25, -0.2) is 4.98 Å². The molecule has 1 aromatic heterocycles. The van der Waals surface area contributed by atoms with E-state index in [0.717, 1.165) is 49.8 Å². The third-order valence-corrected chi connectivity index (χ3v) is 6.09. The summed E-state index contributed by atoms with van der Waals surface area (Å²) < 4.78 is 0. The molecular weight excluding hydrogens is 523 g/mol. The minimum atomic E-state index is 0. The van der Waals surface area contributed by atoms with E-state index >= 15 is 0 Å². The van der Waals surface area contributed by atoms with Crippen molar-refractivity contribution in [2.24, 2.45) is 4.99 Å². The molecular formula is C26H35IN6. The number of piperidine rings is 1. The number of anilines is 1. The van der Waals surface area contributed by atoms with Gasteiger partial charge in [0.25, 0.3) is 0 Å². The molecule has 6 nitrogen and oxygen atoms in total. The Bertz CT molecular complexity index is 1050. The number of aliphatic imine (C=N–C) groups is 1. The molecule has 0 atom stereocenters. The van der Waals surface area contributed by atoms with Gasteiger partial charge in [0.2, 0.25) is 0 Å². The smallest absolute Gasteiger partial charge is 0.191 e. The Hall–Kier alpha value is -2.39. The number of benzene rings is 2. The number of nitrogens with one attached hydrogen (secondary N) is 2. The van der Waals surface area contributed by atoms with Gasteiger partial charge in [-0.05, 0) is 36.1 Å². The van der Waals surface area contributed by atoms with Crippen LogP contribution >= 0.6 is 24.0 Å². The van der Waals surface area contributed by atoms with Crippen molar-refractivity contribution in [3.8, 4) is 0 Å². The Morgan fingerprint density at radius 2 is 1.76 bits per heavy atom. The fourth-order valence-electron chi connectivity index (χ4n) is 4.25. The summed E-state index contributed by atoms with van der Waals surface area (Å²) >= 11 is 0. The lowest BCUT2D eigenvalue weighted by atomic mass is 10.0. The molecule has 0 radical (unpaired) electrons. The standard InChI is InChI=1S/C26H34N6.HI/c1-27-26(29-22-13-15-32(16-14-22)19-20-9-5-4-6-10-20)28-18-21-17-25(31(2)3)30-24-12-8-7-11-23(21)24;/h4-12,17,22H,13-16,18-19H2,1-3H3,(H2,27,28,29);1H. The van der Waals surface area contributed by atoms with Crippen LogP contribution in [0.5, 0.6) is 0 Å². The monoisotopic (exact) mass is 558 g/mol. The summed E-state index contributed by atoms with van der Waals surface area (Å²) in [6, 6.07) is 21.6. The van der Waals surface area contributed by atoms with Gasteiger partial charge in [0, 0.05) is 58.8 Å². The van der Waals surface area contributed by atoms with E-state index in [1.165, 1.54) is 16.5 Å². The molecule has 4 rings (SSSR count). The van der Waals surface area contributed by atoms with Gasteiger partial charge in [-0.3, -0.25) is 9.89 Å². The molecule has 176 valence electrons. The van der Waals surface area contributed by atoms with Crippen LogP contribution in [0, 0.1) is 0 Å². The van der Waals surface area contributed by atoms with E-state index in [1.54, 1.807) is 0 Å². The number of guanidine groups is 1. The maximum Gasteiger partial charge on any atom is 0.191 e.